The molecule has 1 aliphatic rings. The van der Waals surface area contributed by atoms with E-state index in [0.717, 1.165) is 15.6 Å². The van der Waals surface area contributed by atoms with E-state index in [4.69, 9.17) is 0 Å². The SMILES string of the molecule is CC.CC.Cc1nc2c(s1)CN(CC(F)(F)F)CC2. The van der Waals surface area contributed by atoms with Crippen LogP contribution in [0.25, 0.3) is 0 Å². The number of hydrogen-bond donors (Lipinski definition) is 0. The highest BCUT2D eigenvalue weighted by molar-refractivity contribution is 7.11. The zero-order chi connectivity index (χ0) is 15.1. The van der Waals surface area contributed by atoms with E-state index in [1.165, 1.54) is 16.2 Å². The first-order valence-electron chi connectivity index (χ1n) is 6.68. The van der Waals surface area contributed by atoms with Crippen LogP contribution in [0, 0.1) is 6.92 Å². The molecule has 0 atom stereocenters. The molecule has 0 bridgehead atoms. The second kappa shape index (κ2) is 8.53. The third-order valence-corrected chi connectivity index (χ3v) is 3.32. The molecule has 0 aromatic carbocycles. The number of halogens is 3. The first-order chi connectivity index (χ1) is 8.94. The van der Waals surface area contributed by atoms with Crippen LogP contribution in [0.4, 0.5) is 13.2 Å². The normalized spacial score (nSPS) is 14.7. The van der Waals surface area contributed by atoms with Crippen LogP contribution in [0.2, 0.25) is 0 Å². The molecule has 0 N–H and O–H groups in total. The lowest BCUT2D eigenvalue weighted by Crippen LogP contribution is -2.37. The molecule has 6 heteroatoms. The Labute approximate surface area is 117 Å². The van der Waals surface area contributed by atoms with Gasteiger partial charge in [-0.2, -0.15) is 13.2 Å². The van der Waals surface area contributed by atoms with E-state index in [1.54, 1.807) is 0 Å². The molecule has 1 aliphatic heterocycles. The maximum absolute atomic E-state index is 12.2. The van der Waals surface area contributed by atoms with E-state index in [-0.39, 0.29) is 0 Å². The fourth-order valence-electron chi connectivity index (χ4n) is 1.77. The zero-order valence-corrected chi connectivity index (χ0v) is 13.1. The first-order valence-corrected chi connectivity index (χ1v) is 7.50. The predicted molar refractivity (Wildman–Crippen MR) is 74.6 cm³/mol. The van der Waals surface area contributed by atoms with Gasteiger partial charge in [-0.05, 0) is 6.92 Å². The van der Waals surface area contributed by atoms with Gasteiger partial charge in [-0.25, -0.2) is 4.98 Å². The molecule has 0 amide bonds. The molecule has 2 nitrogen and oxygen atoms in total. The van der Waals surface area contributed by atoms with Crippen LogP contribution in [0.1, 0.15) is 43.3 Å². The van der Waals surface area contributed by atoms with E-state index < -0.39 is 12.7 Å². The second-order valence-corrected chi connectivity index (χ2v) is 4.97. The highest BCUT2D eigenvalue weighted by Crippen LogP contribution is 2.26. The monoisotopic (exact) mass is 296 g/mol. The van der Waals surface area contributed by atoms with E-state index >= 15 is 0 Å². The highest BCUT2D eigenvalue weighted by atomic mass is 32.1. The lowest BCUT2D eigenvalue weighted by atomic mass is 10.2. The maximum atomic E-state index is 12.2. The van der Waals surface area contributed by atoms with Crippen LogP contribution < -0.4 is 0 Å². The van der Waals surface area contributed by atoms with Gasteiger partial charge in [-0.1, -0.05) is 27.7 Å². The maximum Gasteiger partial charge on any atom is 0.401 e. The Kier molecular flexibility index (Phi) is 8.25. The summed E-state index contributed by atoms with van der Waals surface area (Å²) in [4.78, 5) is 6.71. The predicted octanol–water partition coefficient (Wildman–Crippen LogP) is 4.42. The Bertz CT molecular complexity index is 361. The van der Waals surface area contributed by atoms with Crippen molar-refractivity contribution in [3.8, 4) is 0 Å². The fourth-order valence-corrected chi connectivity index (χ4v) is 2.79. The average molecular weight is 296 g/mol. The number of nitrogens with zero attached hydrogens (tertiary/aromatic N) is 2. The zero-order valence-electron chi connectivity index (χ0n) is 12.3. The van der Waals surface area contributed by atoms with Gasteiger partial charge in [0.2, 0.25) is 0 Å². The van der Waals surface area contributed by atoms with Gasteiger partial charge in [-0.3, -0.25) is 4.90 Å². The summed E-state index contributed by atoms with van der Waals surface area (Å²) in [5, 5.41) is 0.939. The molecule has 112 valence electrons. The van der Waals surface area contributed by atoms with Crippen molar-refractivity contribution in [2.75, 3.05) is 13.1 Å². The van der Waals surface area contributed by atoms with Gasteiger partial charge in [0, 0.05) is 24.4 Å². The standard InChI is InChI=1S/C9H11F3N2S.2C2H6/c1-6-13-7-2-3-14(4-8(7)15-6)5-9(10,11)12;2*1-2/h2-5H2,1H3;2*1-2H3. The van der Waals surface area contributed by atoms with Crippen LogP contribution in [0.5, 0.6) is 0 Å². The molecule has 0 saturated carbocycles. The molecule has 0 unspecified atom stereocenters. The van der Waals surface area contributed by atoms with Crippen molar-refractivity contribution in [1.29, 1.82) is 0 Å². The molecule has 0 fully saturated rings. The van der Waals surface area contributed by atoms with Gasteiger partial charge in [-0.15, -0.1) is 11.3 Å². The summed E-state index contributed by atoms with van der Waals surface area (Å²) in [5.41, 5.74) is 0.982. The number of fused-ring (bicyclic) bond motifs is 1. The molecule has 0 radical (unpaired) electrons. The molecule has 2 rings (SSSR count). The van der Waals surface area contributed by atoms with Crippen LogP contribution in [0.3, 0.4) is 0 Å². The van der Waals surface area contributed by atoms with Gasteiger partial charge in [0.15, 0.2) is 0 Å². The van der Waals surface area contributed by atoms with Gasteiger partial charge >= 0.3 is 6.18 Å². The molecule has 1 aromatic rings. The van der Waals surface area contributed by atoms with Crippen molar-refractivity contribution in [3.63, 3.8) is 0 Å². The Hall–Kier alpha value is -0.620. The smallest absolute Gasteiger partial charge is 0.289 e. The molecule has 0 aliphatic carbocycles. The quantitative estimate of drug-likeness (QED) is 0.762. The summed E-state index contributed by atoms with van der Waals surface area (Å²) in [7, 11) is 0. The molecule has 0 spiro atoms. The minimum absolute atomic E-state index is 0.389. The summed E-state index contributed by atoms with van der Waals surface area (Å²) < 4.78 is 36.5. The minimum atomic E-state index is -4.10. The van der Waals surface area contributed by atoms with E-state index in [0.29, 0.717) is 19.5 Å². The first kappa shape index (κ1) is 18.4. The molecule has 2 heterocycles. The van der Waals surface area contributed by atoms with Gasteiger partial charge in [0.05, 0.1) is 17.2 Å². The van der Waals surface area contributed by atoms with Crippen molar-refractivity contribution < 1.29 is 13.2 Å². The number of alkyl halides is 3. The Morgan fingerprint density at radius 3 is 2.32 bits per heavy atom. The van der Waals surface area contributed by atoms with Crippen molar-refractivity contribution in [3.05, 3.63) is 15.6 Å². The summed E-state index contributed by atoms with van der Waals surface area (Å²) in [6.45, 7) is 9.91. The molecule has 1 aromatic heterocycles. The highest BCUT2D eigenvalue weighted by Gasteiger charge is 2.32. The number of rotatable bonds is 1. The van der Waals surface area contributed by atoms with Gasteiger partial charge in [0.1, 0.15) is 0 Å². The van der Waals surface area contributed by atoms with Crippen molar-refractivity contribution in [2.45, 2.75) is 53.8 Å². The van der Waals surface area contributed by atoms with E-state index in [1.807, 2.05) is 34.6 Å². The van der Waals surface area contributed by atoms with Crippen molar-refractivity contribution >= 4 is 11.3 Å². The van der Waals surface area contributed by atoms with Crippen LogP contribution in [-0.4, -0.2) is 29.1 Å². The van der Waals surface area contributed by atoms with E-state index in [9.17, 15) is 13.2 Å². The Morgan fingerprint density at radius 1 is 1.21 bits per heavy atom. The largest absolute Gasteiger partial charge is 0.401 e. The van der Waals surface area contributed by atoms with Crippen LogP contribution in [0.15, 0.2) is 0 Å². The number of aromatic nitrogens is 1. The van der Waals surface area contributed by atoms with Crippen molar-refractivity contribution in [1.82, 2.24) is 9.88 Å². The topological polar surface area (TPSA) is 16.1 Å². The molecular weight excluding hydrogens is 273 g/mol. The summed E-state index contributed by atoms with van der Waals surface area (Å²) in [6.07, 6.45) is -3.47. The fraction of sp³-hybridized carbons (Fsp3) is 0.769. The Morgan fingerprint density at radius 2 is 1.79 bits per heavy atom. The summed E-state index contributed by atoms with van der Waals surface area (Å²) in [6, 6.07) is 0. The van der Waals surface area contributed by atoms with Crippen LogP contribution >= 0.6 is 11.3 Å². The molecule has 0 saturated heterocycles. The van der Waals surface area contributed by atoms with Gasteiger partial charge < -0.3 is 0 Å². The van der Waals surface area contributed by atoms with E-state index in [2.05, 4.69) is 4.98 Å². The third kappa shape index (κ3) is 6.38. The number of aryl methyl sites for hydroxylation is 1. The Balaban J connectivity index is 0.000000741. The van der Waals surface area contributed by atoms with Crippen LogP contribution in [-0.2, 0) is 13.0 Å². The number of thiazole rings is 1. The lowest BCUT2D eigenvalue weighted by molar-refractivity contribution is -0.147. The van der Waals surface area contributed by atoms with Gasteiger partial charge in [0.25, 0.3) is 0 Å². The van der Waals surface area contributed by atoms with Crippen molar-refractivity contribution in [2.24, 2.45) is 0 Å². The summed E-state index contributed by atoms with van der Waals surface area (Å²) in [5.74, 6) is 0. The lowest BCUT2D eigenvalue weighted by Gasteiger charge is -2.26. The average Bonchev–Trinajstić information content (AvgIpc) is 2.71. The molecule has 19 heavy (non-hydrogen) atoms. The minimum Gasteiger partial charge on any atom is -0.289 e. The second-order valence-electron chi connectivity index (χ2n) is 3.68. The number of hydrogen-bond acceptors (Lipinski definition) is 3. The third-order valence-electron chi connectivity index (χ3n) is 2.32. The summed E-state index contributed by atoms with van der Waals surface area (Å²) >= 11 is 1.50. The molecular formula is C13H23F3N2S.